The molecule has 0 aromatic carbocycles. The Labute approximate surface area is 433 Å². The van der Waals surface area contributed by atoms with Crippen LogP contribution in [0, 0.1) is 88.8 Å². The molecule has 5 aliphatic carbocycles. The summed E-state index contributed by atoms with van der Waals surface area (Å²) in [6.07, 6.45) is 11.4. The SMILES string of the molecule is CC(C)C1CC(F)(F)CCC1O.CC(C)C1CCC(F)(F)CC1O.CC(C)C1CCC1C.CC(C)C1CCCC1O.CC(C)C1CCCCC1O.CC(C)C1CCOCC1O.CC(C)C1COCCC1O. The molecular weight excluding hydrogens is 913 g/mol. The molecule has 71 heavy (non-hydrogen) atoms. The second-order valence-electron chi connectivity index (χ2n) is 25.5. The number of hydrogen-bond donors (Lipinski definition) is 6. The molecule has 2 heterocycles. The van der Waals surface area contributed by atoms with Crippen LogP contribution in [-0.4, -0.2) is 106 Å². The molecular formula is C59H114F4O8. The van der Waals surface area contributed by atoms with Crippen molar-refractivity contribution < 1.29 is 57.7 Å². The normalized spacial score (nSPS) is 35.5. The molecule has 0 radical (unpaired) electrons. The first-order chi connectivity index (χ1) is 32.9. The van der Waals surface area contributed by atoms with E-state index in [-0.39, 0.29) is 74.3 Å². The Bertz CT molecular complexity index is 1270. The summed E-state index contributed by atoms with van der Waals surface area (Å²) in [6, 6.07) is 0. The number of halogens is 4. The van der Waals surface area contributed by atoms with Crippen molar-refractivity contribution in [1.29, 1.82) is 0 Å². The van der Waals surface area contributed by atoms with Crippen molar-refractivity contribution in [3.05, 3.63) is 0 Å². The highest BCUT2D eigenvalue weighted by molar-refractivity contribution is 4.87. The van der Waals surface area contributed by atoms with Crippen molar-refractivity contribution in [2.75, 3.05) is 26.4 Å². The Morgan fingerprint density at radius 1 is 0.338 bits per heavy atom. The van der Waals surface area contributed by atoms with Gasteiger partial charge < -0.3 is 40.1 Å². The summed E-state index contributed by atoms with van der Waals surface area (Å²) in [7, 11) is 0. The van der Waals surface area contributed by atoms with E-state index < -0.39 is 24.1 Å². The Kier molecular flexibility index (Phi) is 33.0. The maximum atomic E-state index is 12.9. The zero-order valence-electron chi connectivity index (χ0n) is 48.0. The maximum Gasteiger partial charge on any atom is 0.250 e. The maximum absolute atomic E-state index is 12.9. The highest BCUT2D eigenvalue weighted by Gasteiger charge is 2.43. The molecule has 12 heteroatoms. The summed E-state index contributed by atoms with van der Waals surface area (Å²) in [5.41, 5.74) is 0. The topological polar surface area (TPSA) is 140 Å². The van der Waals surface area contributed by atoms with Crippen molar-refractivity contribution >= 4 is 0 Å². The van der Waals surface area contributed by atoms with Crippen molar-refractivity contribution in [3.63, 3.8) is 0 Å². The molecule has 7 aliphatic rings. The number of aliphatic hydroxyl groups is 6. The smallest absolute Gasteiger partial charge is 0.250 e. The summed E-state index contributed by atoms with van der Waals surface area (Å²) in [5, 5.41) is 56.6. The average Bonchev–Trinajstić information content (AvgIpc) is 3.71. The molecule has 6 N–H and O–H groups in total. The Morgan fingerprint density at radius 2 is 0.718 bits per heavy atom. The Hall–Kier alpha value is -0.600. The van der Waals surface area contributed by atoms with Crippen molar-refractivity contribution in [2.24, 2.45) is 88.8 Å². The molecule has 8 nitrogen and oxygen atoms in total. The van der Waals surface area contributed by atoms with Crippen molar-refractivity contribution in [3.8, 4) is 0 Å². The molecule has 2 saturated heterocycles. The fourth-order valence-electron chi connectivity index (χ4n) is 12.0. The number of alkyl halides is 4. The zero-order valence-corrected chi connectivity index (χ0v) is 48.0. The first kappa shape index (κ1) is 68.4. The minimum atomic E-state index is -2.63. The average molecular weight is 1030 g/mol. The van der Waals surface area contributed by atoms with Gasteiger partial charge in [-0.2, -0.15) is 0 Å². The Balaban J connectivity index is 0.000000416. The van der Waals surface area contributed by atoms with Gasteiger partial charge in [-0.05, 0) is 141 Å². The van der Waals surface area contributed by atoms with E-state index in [1.165, 1.54) is 44.9 Å². The lowest BCUT2D eigenvalue weighted by Crippen LogP contribution is -2.38. The van der Waals surface area contributed by atoms with Gasteiger partial charge >= 0.3 is 0 Å². The van der Waals surface area contributed by atoms with Gasteiger partial charge in [-0.1, -0.05) is 130 Å². The van der Waals surface area contributed by atoms with Gasteiger partial charge in [-0.15, -0.1) is 0 Å². The van der Waals surface area contributed by atoms with Crippen LogP contribution >= 0.6 is 0 Å². The predicted octanol–water partition coefficient (Wildman–Crippen LogP) is 13.6. The van der Waals surface area contributed by atoms with E-state index in [2.05, 4.69) is 76.2 Å². The van der Waals surface area contributed by atoms with Crippen LogP contribution in [-0.2, 0) is 9.47 Å². The summed E-state index contributed by atoms with van der Waals surface area (Å²) in [4.78, 5) is 0. The van der Waals surface area contributed by atoms with Gasteiger partial charge in [-0.25, -0.2) is 17.6 Å². The fourth-order valence-corrected chi connectivity index (χ4v) is 12.0. The molecule has 0 amide bonds. The van der Waals surface area contributed by atoms with E-state index in [1.807, 2.05) is 27.7 Å². The summed E-state index contributed by atoms with van der Waals surface area (Å²) < 4.78 is 61.6. The summed E-state index contributed by atoms with van der Waals surface area (Å²) in [5.74, 6) is 2.52. The summed E-state index contributed by atoms with van der Waals surface area (Å²) >= 11 is 0. The second kappa shape index (κ2) is 34.2. The van der Waals surface area contributed by atoms with Crippen LogP contribution in [0.4, 0.5) is 17.6 Å². The largest absolute Gasteiger partial charge is 0.393 e. The Morgan fingerprint density at radius 3 is 1.06 bits per heavy atom. The van der Waals surface area contributed by atoms with E-state index >= 15 is 0 Å². The lowest BCUT2D eigenvalue weighted by Gasteiger charge is -2.36. The van der Waals surface area contributed by atoms with E-state index in [0.717, 1.165) is 63.3 Å². The van der Waals surface area contributed by atoms with Crippen LogP contribution in [0.3, 0.4) is 0 Å². The number of aliphatic hydroxyl groups excluding tert-OH is 6. The van der Waals surface area contributed by atoms with E-state index in [9.17, 15) is 48.2 Å². The van der Waals surface area contributed by atoms with Crippen LogP contribution in [0.2, 0.25) is 0 Å². The zero-order chi connectivity index (χ0) is 54.4. The number of rotatable bonds is 7. The van der Waals surface area contributed by atoms with Gasteiger partial charge in [0, 0.05) is 44.8 Å². The standard InChI is InChI=1S/2C9H16F2O.C9H18O.2C8H16O2.C8H16O.C8H16/c1-6(2)7-5-9(10,11)4-3-8(7)12;1-6(2)7-3-4-9(10,11)5-8(7)12;1-7(2)8-5-3-4-6-9(8)10;1-6(2)7-5-10-4-3-8(7)9;1-6(2)7-3-4-10-5-8(7)9;1-6(2)7-4-3-5-8(7)9;1-6(2)8-5-4-7(8)3/h2*6-8,12H,3-5H2,1-2H3;7-10H,3-6H2,1-2H3;2*6-9H,3-5H2,1-2H3;6-9H,3-5H2,1-2H3;6-8H,4-5H2,1-3H3. The van der Waals surface area contributed by atoms with Crippen LogP contribution in [0.1, 0.15) is 213 Å². The van der Waals surface area contributed by atoms with Gasteiger partial charge in [0.15, 0.2) is 0 Å². The minimum Gasteiger partial charge on any atom is -0.393 e. The van der Waals surface area contributed by atoms with Gasteiger partial charge in [-0.3, -0.25) is 0 Å². The number of ether oxygens (including phenoxy) is 2. The predicted molar refractivity (Wildman–Crippen MR) is 284 cm³/mol. The summed E-state index contributed by atoms with van der Waals surface area (Å²) in [6.45, 7) is 34.9. The lowest BCUT2D eigenvalue weighted by molar-refractivity contribution is -0.105. The first-order valence-electron chi connectivity index (χ1n) is 28.9. The molecule has 0 aromatic rings. The van der Waals surface area contributed by atoms with Crippen LogP contribution < -0.4 is 0 Å². The van der Waals surface area contributed by atoms with E-state index in [0.29, 0.717) is 66.3 Å². The molecule has 0 bridgehead atoms. The quantitative estimate of drug-likeness (QED) is 0.139. The van der Waals surface area contributed by atoms with E-state index in [4.69, 9.17) is 9.47 Å². The molecule has 0 aromatic heterocycles. The second-order valence-corrected chi connectivity index (χ2v) is 25.5. The van der Waals surface area contributed by atoms with Crippen LogP contribution in [0.25, 0.3) is 0 Å². The van der Waals surface area contributed by atoms with Crippen molar-refractivity contribution in [2.45, 2.75) is 261 Å². The molecule has 5 saturated carbocycles. The first-order valence-corrected chi connectivity index (χ1v) is 28.9. The third kappa shape index (κ3) is 26.3. The van der Waals surface area contributed by atoms with Gasteiger partial charge in [0.2, 0.25) is 5.92 Å². The van der Waals surface area contributed by atoms with Crippen molar-refractivity contribution in [1.82, 2.24) is 0 Å². The molecule has 2 aliphatic heterocycles. The molecule has 0 spiro atoms. The molecule has 14 unspecified atom stereocenters. The van der Waals surface area contributed by atoms with Crippen LogP contribution in [0.5, 0.6) is 0 Å². The molecule has 426 valence electrons. The monoisotopic (exact) mass is 1030 g/mol. The molecule has 7 rings (SSSR count). The van der Waals surface area contributed by atoms with E-state index in [1.54, 1.807) is 0 Å². The number of hydrogen-bond acceptors (Lipinski definition) is 8. The van der Waals surface area contributed by atoms with Crippen LogP contribution in [0.15, 0.2) is 0 Å². The van der Waals surface area contributed by atoms with Gasteiger partial charge in [0.05, 0.1) is 49.8 Å². The lowest BCUT2D eigenvalue weighted by atomic mass is 9.69. The highest BCUT2D eigenvalue weighted by Crippen LogP contribution is 2.41. The third-order valence-electron chi connectivity index (χ3n) is 17.4. The van der Waals surface area contributed by atoms with Gasteiger partial charge in [0.25, 0.3) is 5.92 Å². The third-order valence-corrected chi connectivity index (χ3v) is 17.4. The molecule has 14 atom stereocenters. The minimum absolute atomic E-state index is 0.00463. The van der Waals surface area contributed by atoms with Gasteiger partial charge in [0.1, 0.15) is 0 Å². The fraction of sp³-hybridized carbons (Fsp3) is 1.00. The molecule has 7 fully saturated rings. The highest BCUT2D eigenvalue weighted by atomic mass is 19.3.